The third-order valence-corrected chi connectivity index (χ3v) is 3.44. The lowest BCUT2D eigenvalue weighted by Gasteiger charge is -2.11. The molecule has 1 atom stereocenters. The van der Waals surface area contributed by atoms with E-state index >= 15 is 0 Å². The molecule has 0 saturated carbocycles. The van der Waals surface area contributed by atoms with Gasteiger partial charge in [0, 0.05) is 12.6 Å². The van der Waals surface area contributed by atoms with Crippen LogP contribution in [0.4, 0.5) is 0 Å². The molecule has 0 saturated heterocycles. The van der Waals surface area contributed by atoms with E-state index in [0.29, 0.717) is 29.9 Å². The molecule has 126 valence electrons. The molecule has 1 amide bonds. The summed E-state index contributed by atoms with van der Waals surface area (Å²) in [5, 5.41) is 20.6. The number of hydrogen-bond donors (Lipinski definition) is 2. The summed E-state index contributed by atoms with van der Waals surface area (Å²) in [7, 11) is 0. The predicted octanol–water partition coefficient (Wildman–Crippen LogP) is 2.62. The van der Waals surface area contributed by atoms with Crippen molar-refractivity contribution < 1.29 is 19.1 Å². The average Bonchev–Trinajstić information content (AvgIpc) is 3.07. The first kappa shape index (κ1) is 17.6. The van der Waals surface area contributed by atoms with Gasteiger partial charge in [0.2, 0.25) is 0 Å². The topological polar surface area (TPSA) is 95.5 Å². The van der Waals surface area contributed by atoms with Crippen LogP contribution in [0, 0.1) is 11.3 Å². The second-order valence-electron chi connectivity index (χ2n) is 5.40. The smallest absolute Gasteiger partial charge is 0.287 e. The molecular weight excluding hydrogens is 308 g/mol. The number of furan rings is 1. The number of carbonyl (C=O) groups is 1. The number of aliphatic hydroxyl groups is 1. The Labute approximate surface area is 140 Å². The van der Waals surface area contributed by atoms with E-state index in [1.807, 2.05) is 6.92 Å². The Morgan fingerprint density at radius 3 is 2.92 bits per heavy atom. The van der Waals surface area contributed by atoms with E-state index in [-0.39, 0.29) is 30.9 Å². The lowest BCUT2D eigenvalue weighted by Crippen LogP contribution is -2.32. The number of nitrogens with one attached hydrogen (secondary N) is 1. The second kappa shape index (κ2) is 8.75. The van der Waals surface area contributed by atoms with Crippen LogP contribution < -0.4 is 10.1 Å². The quantitative estimate of drug-likeness (QED) is 0.776. The molecule has 2 aromatic rings. The van der Waals surface area contributed by atoms with Gasteiger partial charge in [-0.3, -0.25) is 4.79 Å². The molecule has 0 fully saturated rings. The standard InChI is InChI=1S/C18H20N2O4/c1-13(5-4-10-21)20-18(22)17-9-8-15(24-17)12-23-16-7-3-2-6-14(16)11-19/h2-3,6-9,13,21H,4-5,10,12H2,1H3,(H,20,22). The van der Waals surface area contributed by atoms with Gasteiger partial charge in [-0.25, -0.2) is 0 Å². The zero-order valence-corrected chi connectivity index (χ0v) is 13.5. The van der Waals surface area contributed by atoms with Crippen molar-refractivity contribution in [2.75, 3.05) is 6.61 Å². The SMILES string of the molecule is CC(CCCO)NC(=O)c1ccc(COc2ccccc2C#N)o1. The molecule has 0 bridgehead atoms. The Bertz CT molecular complexity index is 718. The first-order chi connectivity index (χ1) is 11.6. The van der Waals surface area contributed by atoms with Crippen LogP contribution >= 0.6 is 0 Å². The van der Waals surface area contributed by atoms with Gasteiger partial charge in [-0.2, -0.15) is 5.26 Å². The minimum absolute atomic E-state index is 0.0445. The van der Waals surface area contributed by atoms with Crippen molar-refractivity contribution in [1.82, 2.24) is 5.32 Å². The molecule has 1 aromatic heterocycles. The summed E-state index contributed by atoms with van der Waals surface area (Å²) in [6.45, 7) is 2.11. The van der Waals surface area contributed by atoms with Crippen LogP contribution in [0.2, 0.25) is 0 Å². The lowest BCUT2D eigenvalue weighted by atomic mass is 10.2. The Morgan fingerprint density at radius 2 is 2.17 bits per heavy atom. The molecule has 6 nitrogen and oxygen atoms in total. The Kier molecular flexibility index (Phi) is 6.41. The third kappa shape index (κ3) is 4.86. The normalized spacial score (nSPS) is 11.5. The zero-order chi connectivity index (χ0) is 17.4. The highest BCUT2D eigenvalue weighted by Crippen LogP contribution is 2.19. The second-order valence-corrected chi connectivity index (χ2v) is 5.40. The van der Waals surface area contributed by atoms with Crippen molar-refractivity contribution >= 4 is 5.91 Å². The summed E-state index contributed by atoms with van der Waals surface area (Å²) in [5.74, 6) is 0.873. The first-order valence-corrected chi connectivity index (χ1v) is 7.76. The molecule has 24 heavy (non-hydrogen) atoms. The summed E-state index contributed by atoms with van der Waals surface area (Å²) in [5.41, 5.74) is 0.444. The maximum absolute atomic E-state index is 12.1. The highest BCUT2D eigenvalue weighted by Gasteiger charge is 2.14. The fourth-order valence-electron chi connectivity index (χ4n) is 2.18. The molecular formula is C18H20N2O4. The number of amides is 1. The van der Waals surface area contributed by atoms with Crippen molar-refractivity contribution in [3.8, 4) is 11.8 Å². The predicted molar refractivity (Wildman–Crippen MR) is 87.4 cm³/mol. The van der Waals surface area contributed by atoms with Gasteiger partial charge in [-0.15, -0.1) is 0 Å². The highest BCUT2D eigenvalue weighted by molar-refractivity contribution is 5.91. The van der Waals surface area contributed by atoms with E-state index in [1.165, 1.54) is 0 Å². The van der Waals surface area contributed by atoms with Crippen molar-refractivity contribution in [3.63, 3.8) is 0 Å². The van der Waals surface area contributed by atoms with Crippen LogP contribution in [-0.4, -0.2) is 23.7 Å². The first-order valence-electron chi connectivity index (χ1n) is 7.76. The molecule has 0 aliphatic carbocycles. The summed E-state index contributed by atoms with van der Waals surface area (Å²) in [6, 6.07) is 12.2. The number of aliphatic hydroxyl groups excluding tert-OH is 1. The van der Waals surface area contributed by atoms with E-state index in [4.69, 9.17) is 19.5 Å². The van der Waals surface area contributed by atoms with Crippen LogP contribution in [0.5, 0.6) is 5.75 Å². The number of nitriles is 1. The van der Waals surface area contributed by atoms with E-state index in [9.17, 15) is 4.79 Å². The number of nitrogens with zero attached hydrogens (tertiary/aromatic N) is 1. The molecule has 0 spiro atoms. The molecule has 1 unspecified atom stereocenters. The van der Waals surface area contributed by atoms with Crippen molar-refractivity contribution in [1.29, 1.82) is 5.26 Å². The maximum atomic E-state index is 12.1. The van der Waals surface area contributed by atoms with Gasteiger partial charge >= 0.3 is 0 Å². The molecule has 2 N–H and O–H groups in total. The van der Waals surface area contributed by atoms with Crippen LogP contribution in [0.15, 0.2) is 40.8 Å². The molecule has 0 radical (unpaired) electrons. The third-order valence-electron chi connectivity index (χ3n) is 3.44. The van der Waals surface area contributed by atoms with Gasteiger partial charge in [0.25, 0.3) is 5.91 Å². The maximum Gasteiger partial charge on any atom is 0.287 e. The van der Waals surface area contributed by atoms with Gasteiger partial charge in [0.1, 0.15) is 24.2 Å². The van der Waals surface area contributed by atoms with Crippen LogP contribution in [0.25, 0.3) is 0 Å². The Balaban J connectivity index is 1.91. The Hall–Kier alpha value is -2.78. The summed E-state index contributed by atoms with van der Waals surface area (Å²) in [4.78, 5) is 12.1. The van der Waals surface area contributed by atoms with Crippen LogP contribution in [0.1, 0.15) is 41.6 Å². The van der Waals surface area contributed by atoms with E-state index < -0.39 is 0 Å². The molecule has 6 heteroatoms. The summed E-state index contributed by atoms with van der Waals surface area (Å²) >= 11 is 0. The van der Waals surface area contributed by atoms with Crippen molar-refractivity contribution in [3.05, 3.63) is 53.5 Å². The average molecular weight is 328 g/mol. The zero-order valence-electron chi connectivity index (χ0n) is 13.5. The fourth-order valence-corrected chi connectivity index (χ4v) is 2.18. The van der Waals surface area contributed by atoms with Gasteiger partial charge < -0.3 is 19.6 Å². The highest BCUT2D eigenvalue weighted by atomic mass is 16.5. The van der Waals surface area contributed by atoms with Gasteiger partial charge in [-0.05, 0) is 44.0 Å². The number of benzene rings is 1. The number of ether oxygens (including phenoxy) is 1. The van der Waals surface area contributed by atoms with E-state index in [0.717, 1.165) is 0 Å². The van der Waals surface area contributed by atoms with Crippen LogP contribution in [-0.2, 0) is 6.61 Å². The monoisotopic (exact) mass is 328 g/mol. The van der Waals surface area contributed by atoms with E-state index in [2.05, 4.69) is 11.4 Å². The molecule has 2 rings (SSSR count). The summed E-state index contributed by atoms with van der Waals surface area (Å²) in [6.07, 6.45) is 1.33. The van der Waals surface area contributed by atoms with E-state index in [1.54, 1.807) is 36.4 Å². The fraction of sp³-hybridized carbons (Fsp3) is 0.333. The van der Waals surface area contributed by atoms with Crippen LogP contribution in [0.3, 0.4) is 0 Å². The molecule has 0 aliphatic rings. The van der Waals surface area contributed by atoms with Gasteiger partial charge in [0.05, 0.1) is 5.56 Å². The summed E-state index contributed by atoms with van der Waals surface area (Å²) < 4.78 is 11.0. The Morgan fingerprint density at radius 1 is 1.38 bits per heavy atom. The number of carbonyl (C=O) groups excluding carboxylic acids is 1. The molecule has 1 heterocycles. The minimum Gasteiger partial charge on any atom is -0.484 e. The number of hydrogen-bond acceptors (Lipinski definition) is 5. The number of para-hydroxylation sites is 1. The number of rotatable bonds is 8. The molecule has 1 aromatic carbocycles. The van der Waals surface area contributed by atoms with Crippen molar-refractivity contribution in [2.24, 2.45) is 0 Å². The largest absolute Gasteiger partial charge is 0.484 e. The van der Waals surface area contributed by atoms with Gasteiger partial charge in [-0.1, -0.05) is 12.1 Å². The van der Waals surface area contributed by atoms with Gasteiger partial charge in [0.15, 0.2) is 5.76 Å². The van der Waals surface area contributed by atoms with Crippen molar-refractivity contribution in [2.45, 2.75) is 32.4 Å². The minimum atomic E-state index is -0.302. The molecule has 0 aliphatic heterocycles. The lowest BCUT2D eigenvalue weighted by molar-refractivity contribution is 0.0904.